The molecule has 0 aromatic heterocycles. The molecule has 0 aromatic rings. The number of hydrogen-bond donors (Lipinski definition) is 2. The molecule has 0 bridgehead atoms. The molecule has 2 saturated carbocycles. The largest absolute Gasteiger partial charge is 0.328 e. The topological polar surface area (TPSA) is 52.0 Å². The van der Waals surface area contributed by atoms with Crippen LogP contribution in [0.2, 0.25) is 0 Å². The average Bonchev–Trinajstić information content (AvgIpc) is 2.49. The lowest BCUT2D eigenvalue weighted by Gasteiger charge is -2.41. The molecule has 0 heterocycles. The van der Waals surface area contributed by atoms with Gasteiger partial charge >= 0.3 is 0 Å². The quantitative estimate of drug-likeness (QED) is 0.786. The van der Waals surface area contributed by atoms with E-state index in [2.05, 4.69) is 20.8 Å². The van der Waals surface area contributed by atoms with E-state index in [-0.39, 0.29) is 5.54 Å². The van der Waals surface area contributed by atoms with Gasteiger partial charge in [0.1, 0.15) is 0 Å². The van der Waals surface area contributed by atoms with Crippen LogP contribution >= 0.6 is 0 Å². The molecule has 0 amide bonds. The summed E-state index contributed by atoms with van der Waals surface area (Å²) in [5.74, 6) is 3.48. The molecule has 2 nitrogen and oxygen atoms in total. The second-order valence-corrected chi connectivity index (χ2v) is 8.45. The molecule has 2 aliphatic rings. The van der Waals surface area contributed by atoms with Crippen molar-refractivity contribution < 1.29 is 0 Å². The molecular weight excluding hydrogens is 256 g/mol. The highest BCUT2D eigenvalue weighted by atomic mass is 14.7. The standard InChI is InChI=1S/C19H38N2/c1-4-19(3,21)14(2)17-9-5-15(6-10-17)13-16-7-11-18(20)12-8-16/h14-18H,4-13,20-21H2,1-3H3. The minimum atomic E-state index is 0.0248. The fraction of sp³-hybridized carbons (Fsp3) is 1.00. The smallest absolute Gasteiger partial charge is 0.0151 e. The van der Waals surface area contributed by atoms with Gasteiger partial charge in [0.05, 0.1) is 0 Å². The third-order valence-corrected chi connectivity index (χ3v) is 6.96. The molecule has 0 aromatic carbocycles. The monoisotopic (exact) mass is 294 g/mol. The maximum absolute atomic E-state index is 6.48. The van der Waals surface area contributed by atoms with Crippen molar-refractivity contribution in [2.45, 2.75) is 96.6 Å². The predicted octanol–water partition coefficient (Wildman–Crippen LogP) is 4.46. The van der Waals surface area contributed by atoms with Crippen LogP contribution in [0.5, 0.6) is 0 Å². The summed E-state index contributed by atoms with van der Waals surface area (Å²) in [6.45, 7) is 6.86. The molecule has 2 rings (SSSR count). The first-order valence-electron chi connectivity index (χ1n) is 9.46. The van der Waals surface area contributed by atoms with Gasteiger partial charge in [-0.05, 0) is 82.0 Å². The van der Waals surface area contributed by atoms with E-state index >= 15 is 0 Å². The highest BCUT2D eigenvalue weighted by Gasteiger charge is 2.34. The van der Waals surface area contributed by atoms with Gasteiger partial charge in [-0.3, -0.25) is 0 Å². The molecule has 124 valence electrons. The molecular formula is C19H38N2. The van der Waals surface area contributed by atoms with Gasteiger partial charge in [-0.25, -0.2) is 0 Å². The molecule has 2 aliphatic carbocycles. The minimum Gasteiger partial charge on any atom is -0.328 e. The third kappa shape index (κ3) is 4.69. The van der Waals surface area contributed by atoms with Crippen molar-refractivity contribution in [3.05, 3.63) is 0 Å². The molecule has 0 spiro atoms. The van der Waals surface area contributed by atoms with Crippen LogP contribution in [0.25, 0.3) is 0 Å². The Morgan fingerprint density at radius 3 is 1.90 bits per heavy atom. The second kappa shape index (κ2) is 7.46. The van der Waals surface area contributed by atoms with E-state index in [0.29, 0.717) is 12.0 Å². The maximum atomic E-state index is 6.48. The van der Waals surface area contributed by atoms with E-state index in [0.717, 1.165) is 24.2 Å². The Morgan fingerprint density at radius 2 is 1.43 bits per heavy atom. The normalized spacial score (nSPS) is 38.7. The van der Waals surface area contributed by atoms with Gasteiger partial charge in [-0.1, -0.05) is 26.7 Å². The van der Waals surface area contributed by atoms with Crippen molar-refractivity contribution in [3.63, 3.8) is 0 Å². The van der Waals surface area contributed by atoms with Gasteiger partial charge in [0.15, 0.2) is 0 Å². The lowest BCUT2D eigenvalue weighted by Crippen LogP contribution is -2.46. The summed E-state index contributed by atoms with van der Waals surface area (Å²) >= 11 is 0. The first-order chi connectivity index (χ1) is 9.92. The number of rotatable bonds is 5. The summed E-state index contributed by atoms with van der Waals surface area (Å²) in [7, 11) is 0. The van der Waals surface area contributed by atoms with E-state index in [1.807, 2.05) is 0 Å². The lowest BCUT2D eigenvalue weighted by atomic mass is 9.67. The lowest BCUT2D eigenvalue weighted by molar-refractivity contribution is 0.133. The van der Waals surface area contributed by atoms with Crippen LogP contribution in [-0.4, -0.2) is 11.6 Å². The summed E-state index contributed by atoms with van der Waals surface area (Å²) < 4.78 is 0. The van der Waals surface area contributed by atoms with Crippen molar-refractivity contribution in [3.8, 4) is 0 Å². The summed E-state index contributed by atoms with van der Waals surface area (Å²) in [5, 5.41) is 0. The van der Waals surface area contributed by atoms with Crippen LogP contribution in [-0.2, 0) is 0 Å². The van der Waals surface area contributed by atoms with Gasteiger partial charge in [0.25, 0.3) is 0 Å². The van der Waals surface area contributed by atoms with Gasteiger partial charge in [0, 0.05) is 11.6 Å². The van der Waals surface area contributed by atoms with Crippen LogP contribution in [0.3, 0.4) is 0 Å². The minimum absolute atomic E-state index is 0.0248. The molecule has 0 aliphatic heterocycles. The Morgan fingerprint density at radius 1 is 0.952 bits per heavy atom. The number of nitrogens with two attached hydrogens (primary N) is 2. The van der Waals surface area contributed by atoms with Gasteiger partial charge < -0.3 is 11.5 Å². The summed E-state index contributed by atoms with van der Waals surface area (Å²) in [5.41, 5.74) is 12.5. The molecule has 0 saturated heterocycles. The molecule has 0 radical (unpaired) electrons. The Labute approximate surface area is 132 Å². The van der Waals surface area contributed by atoms with E-state index in [1.165, 1.54) is 57.8 Å². The van der Waals surface area contributed by atoms with Crippen LogP contribution in [0, 0.1) is 23.7 Å². The first kappa shape index (κ1) is 17.3. The molecule has 2 heteroatoms. The summed E-state index contributed by atoms with van der Waals surface area (Å²) in [6, 6.07) is 0.495. The van der Waals surface area contributed by atoms with Crippen molar-refractivity contribution >= 4 is 0 Å². The zero-order chi connectivity index (χ0) is 15.5. The van der Waals surface area contributed by atoms with Crippen LogP contribution in [0.4, 0.5) is 0 Å². The van der Waals surface area contributed by atoms with Gasteiger partial charge in [-0.2, -0.15) is 0 Å². The molecule has 4 N–H and O–H groups in total. The Hall–Kier alpha value is -0.0800. The van der Waals surface area contributed by atoms with Crippen molar-refractivity contribution in [1.82, 2.24) is 0 Å². The average molecular weight is 295 g/mol. The fourth-order valence-electron chi connectivity index (χ4n) is 4.68. The van der Waals surface area contributed by atoms with E-state index in [1.54, 1.807) is 0 Å². The zero-order valence-corrected chi connectivity index (χ0v) is 14.6. The molecule has 2 atom stereocenters. The predicted molar refractivity (Wildman–Crippen MR) is 92.0 cm³/mol. The Kier molecular flexibility index (Phi) is 6.14. The van der Waals surface area contributed by atoms with Crippen molar-refractivity contribution in [2.24, 2.45) is 35.1 Å². The molecule has 2 unspecified atom stereocenters. The van der Waals surface area contributed by atoms with Crippen molar-refractivity contribution in [1.29, 1.82) is 0 Å². The van der Waals surface area contributed by atoms with Crippen LogP contribution < -0.4 is 11.5 Å². The first-order valence-corrected chi connectivity index (χ1v) is 9.46. The van der Waals surface area contributed by atoms with E-state index < -0.39 is 0 Å². The second-order valence-electron chi connectivity index (χ2n) is 8.45. The Bertz CT molecular complexity index is 297. The zero-order valence-electron chi connectivity index (χ0n) is 14.6. The number of hydrogen-bond acceptors (Lipinski definition) is 2. The van der Waals surface area contributed by atoms with Crippen LogP contribution in [0.1, 0.15) is 85.0 Å². The third-order valence-electron chi connectivity index (χ3n) is 6.96. The molecule has 2 fully saturated rings. The van der Waals surface area contributed by atoms with Gasteiger partial charge in [0.2, 0.25) is 0 Å². The SMILES string of the molecule is CCC(C)(N)C(C)C1CCC(CC2CCC(N)CC2)CC1. The molecule has 21 heavy (non-hydrogen) atoms. The maximum Gasteiger partial charge on any atom is 0.0151 e. The fourth-order valence-corrected chi connectivity index (χ4v) is 4.68. The summed E-state index contributed by atoms with van der Waals surface area (Å²) in [4.78, 5) is 0. The summed E-state index contributed by atoms with van der Waals surface area (Å²) in [6.07, 6.45) is 13.6. The Balaban J connectivity index is 1.73. The van der Waals surface area contributed by atoms with E-state index in [9.17, 15) is 0 Å². The van der Waals surface area contributed by atoms with E-state index in [4.69, 9.17) is 11.5 Å². The van der Waals surface area contributed by atoms with Crippen LogP contribution in [0.15, 0.2) is 0 Å². The van der Waals surface area contributed by atoms with Crippen molar-refractivity contribution in [2.75, 3.05) is 0 Å². The highest BCUT2D eigenvalue weighted by Crippen LogP contribution is 2.41. The highest BCUT2D eigenvalue weighted by molar-refractivity contribution is 4.89. The van der Waals surface area contributed by atoms with Gasteiger partial charge in [-0.15, -0.1) is 0 Å².